The summed E-state index contributed by atoms with van der Waals surface area (Å²) in [6, 6.07) is 23.1. The van der Waals surface area contributed by atoms with E-state index in [1.807, 2.05) is 85.1 Å². The predicted molar refractivity (Wildman–Crippen MR) is 126 cm³/mol. The first-order chi connectivity index (χ1) is 15.2. The number of para-hydroxylation sites is 3. The number of imidazole rings is 1. The van der Waals surface area contributed by atoms with E-state index in [1.165, 1.54) is 0 Å². The van der Waals surface area contributed by atoms with Gasteiger partial charge in [-0.15, -0.1) is 0 Å². The molecule has 5 nitrogen and oxygen atoms in total. The third-order valence-corrected chi connectivity index (χ3v) is 5.43. The number of aromatic amines is 2. The minimum absolute atomic E-state index is 0.209. The van der Waals surface area contributed by atoms with Gasteiger partial charge in [-0.2, -0.15) is 0 Å². The van der Waals surface area contributed by atoms with Gasteiger partial charge in [0.1, 0.15) is 5.82 Å². The van der Waals surface area contributed by atoms with Gasteiger partial charge in [0.2, 0.25) is 0 Å². The number of rotatable bonds is 5. The van der Waals surface area contributed by atoms with Crippen molar-refractivity contribution in [3.8, 4) is 0 Å². The van der Waals surface area contributed by atoms with Crippen molar-refractivity contribution in [2.24, 2.45) is 0 Å². The number of H-pyrrole nitrogens is 2. The lowest BCUT2D eigenvalue weighted by Crippen LogP contribution is -2.24. The van der Waals surface area contributed by atoms with Gasteiger partial charge in [-0.25, -0.2) is 4.98 Å². The molecule has 0 fully saturated rings. The maximum absolute atomic E-state index is 13.2. The highest BCUT2D eigenvalue weighted by molar-refractivity contribution is 6.30. The first kappa shape index (κ1) is 19.2. The van der Waals surface area contributed by atoms with Crippen LogP contribution in [0.1, 0.15) is 17.0 Å². The Morgan fingerprint density at radius 3 is 2.52 bits per heavy atom. The first-order valence-electron chi connectivity index (χ1n) is 9.93. The van der Waals surface area contributed by atoms with Gasteiger partial charge in [0.25, 0.3) is 5.91 Å². The number of amides is 1. The minimum Gasteiger partial charge on any atom is -0.361 e. The second kappa shape index (κ2) is 8.13. The van der Waals surface area contributed by atoms with Gasteiger partial charge in [0.05, 0.1) is 16.6 Å². The van der Waals surface area contributed by atoms with Crippen molar-refractivity contribution in [3.63, 3.8) is 0 Å². The summed E-state index contributed by atoms with van der Waals surface area (Å²) in [4.78, 5) is 24.4. The van der Waals surface area contributed by atoms with E-state index in [9.17, 15) is 4.79 Å². The molecule has 1 amide bonds. The molecular weight excluding hydrogens is 408 g/mol. The van der Waals surface area contributed by atoms with Crippen molar-refractivity contribution in [2.75, 3.05) is 0 Å². The molecule has 0 saturated heterocycles. The Kier molecular flexibility index (Phi) is 5.02. The third kappa shape index (κ3) is 3.96. The molecule has 31 heavy (non-hydrogen) atoms. The van der Waals surface area contributed by atoms with E-state index in [0.717, 1.165) is 33.1 Å². The van der Waals surface area contributed by atoms with E-state index in [2.05, 4.69) is 20.3 Å². The van der Waals surface area contributed by atoms with Crippen LogP contribution >= 0.6 is 11.6 Å². The zero-order valence-electron chi connectivity index (χ0n) is 16.5. The molecule has 0 saturated carbocycles. The molecule has 0 unspecified atom stereocenters. The van der Waals surface area contributed by atoms with E-state index < -0.39 is 0 Å². The standard InChI is InChI=1S/C25H19ClN4O/c26-18-11-9-16(10-12-18)14-28-25(31)20(24-29-22-7-3-4-8-23(22)30-24)13-17-15-27-21-6-2-1-5-19(17)21/h1-13,15,27H,14H2,(H,28,31)(H,29,30)/b20-13+. The summed E-state index contributed by atoms with van der Waals surface area (Å²) in [5.41, 5.74) is 5.07. The monoisotopic (exact) mass is 426 g/mol. The fourth-order valence-electron chi connectivity index (χ4n) is 3.57. The molecule has 0 aliphatic heterocycles. The van der Waals surface area contributed by atoms with Gasteiger partial charge in [0, 0.05) is 34.2 Å². The van der Waals surface area contributed by atoms with Gasteiger partial charge in [-0.1, -0.05) is 54.1 Å². The van der Waals surface area contributed by atoms with Crippen LogP contribution in [0, 0.1) is 0 Å². The SMILES string of the molecule is O=C(NCc1ccc(Cl)cc1)/C(=C/c1c[nH]c2ccccc12)c1nc2ccccc2[nH]1. The summed E-state index contributed by atoms with van der Waals surface area (Å²) in [6.07, 6.45) is 3.77. The Morgan fingerprint density at radius 1 is 0.968 bits per heavy atom. The molecule has 0 bridgehead atoms. The van der Waals surface area contributed by atoms with E-state index >= 15 is 0 Å². The van der Waals surface area contributed by atoms with Crippen molar-refractivity contribution < 1.29 is 4.79 Å². The molecule has 3 N–H and O–H groups in total. The van der Waals surface area contributed by atoms with Crippen LogP contribution in [-0.4, -0.2) is 20.9 Å². The molecule has 0 aliphatic rings. The molecule has 5 aromatic rings. The molecule has 0 aliphatic carbocycles. The van der Waals surface area contributed by atoms with Crippen LogP contribution in [0.4, 0.5) is 0 Å². The largest absolute Gasteiger partial charge is 0.361 e. The van der Waals surface area contributed by atoms with Crippen LogP contribution in [0.2, 0.25) is 5.02 Å². The van der Waals surface area contributed by atoms with Crippen LogP contribution in [0.15, 0.2) is 79.0 Å². The normalized spacial score (nSPS) is 11.8. The number of hydrogen-bond acceptors (Lipinski definition) is 2. The summed E-state index contributed by atoms with van der Waals surface area (Å²) >= 11 is 5.96. The molecule has 2 aromatic heterocycles. The maximum Gasteiger partial charge on any atom is 0.255 e. The summed E-state index contributed by atoms with van der Waals surface area (Å²) < 4.78 is 0. The predicted octanol–water partition coefficient (Wildman–Crippen LogP) is 5.55. The molecular formula is C25H19ClN4O. The highest BCUT2D eigenvalue weighted by atomic mass is 35.5. The molecule has 2 heterocycles. The van der Waals surface area contributed by atoms with E-state index in [4.69, 9.17) is 11.6 Å². The number of halogens is 1. The summed E-state index contributed by atoms with van der Waals surface area (Å²) in [5.74, 6) is 0.319. The van der Waals surface area contributed by atoms with Gasteiger partial charge in [-0.05, 0) is 42.0 Å². The lowest BCUT2D eigenvalue weighted by molar-refractivity contribution is -0.115. The number of nitrogens with one attached hydrogen (secondary N) is 3. The van der Waals surface area contributed by atoms with Crippen LogP contribution in [0.5, 0.6) is 0 Å². The van der Waals surface area contributed by atoms with E-state index in [1.54, 1.807) is 0 Å². The molecule has 5 rings (SSSR count). The maximum atomic E-state index is 13.2. The number of nitrogens with zero attached hydrogens (tertiary/aromatic N) is 1. The first-order valence-corrected chi connectivity index (χ1v) is 10.3. The van der Waals surface area contributed by atoms with Crippen molar-refractivity contribution >= 4 is 51.1 Å². The van der Waals surface area contributed by atoms with Crippen LogP contribution in [-0.2, 0) is 11.3 Å². The van der Waals surface area contributed by atoms with Crippen LogP contribution in [0.3, 0.4) is 0 Å². The average molecular weight is 427 g/mol. The van der Waals surface area contributed by atoms with Gasteiger partial charge in [0.15, 0.2) is 0 Å². The molecule has 0 radical (unpaired) electrons. The van der Waals surface area contributed by atoms with Crippen LogP contribution < -0.4 is 5.32 Å². The zero-order chi connectivity index (χ0) is 21.2. The smallest absolute Gasteiger partial charge is 0.255 e. The third-order valence-electron chi connectivity index (χ3n) is 5.18. The topological polar surface area (TPSA) is 73.6 Å². The Balaban J connectivity index is 1.53. The molecule has 152 valence electrons. The Morgan fingerprint density at radius 2 is 1.71 bits per heavy atom. The van der Waals surface area contributed by atoms with Gasteiger partial charge < -0.3 is 15.3 Å². The lowest BCUT2D eigenvalue weighted by Gasteiger charge is -2.08. The second-order valence-electron chi connectivity index (χ2n) is 7.26. The Bertz CT molecular complexity index is 1380. The molecule has 0 spiro atoms. The van der Waals surface area contributed by atoms with E-state index in [0.29, 0.717) is 23.0 Å². The number of carbonyl (C=O) groups excluding carboxylic acids is 1. The number of benzene rings is 3. The number of fused-ring (bicyclic) bond motifs is 2. The fourth-order valence-corrected chi connectivity index (χ4v) is 3.70. The highest BCUT2D eigenvalue weighted by Crippen LogP contribution is 2.25. The van der Waals surface area contributed by atoms with Crippen molar-refractivity contribution in [3.05, 3.63) is 101 Å². The fraction of sp³-hybridized carbons (Fsp3) is 0.0400. The number of carbonyl (C=O) groups is 1. The van der Waals surface area contributed by atoms with Gasteiger partial charge >= 0.3 is 0 Å². The quantitative estimate of drug-likeness (QED) is 0.322. The van der Waals surface area contributed by atoms with Gasteiger partial charge in [-0.3, -0.25) is 4.79 Å². The number of hydrogen-bond donors (Lipinski definition) is 3. The Labute approximate surface area is 183 Å². The van der Waals surface area contributed by atoms with Crippen molar-refractivity contribution in [2.45, 2.75) is 6.54 Å². The molecule has 6 heteroatoms. The minimum atomic E-state index is -0.209. The molecule has 0 atom stereocenters. The average Bonchev–Trinajstić information content (AvgIpc) is 3.41. The van der Waals surface area contributed by atoms with Crippen molar-refractivity contribution in [1.29, 1.82) is 0 Å². The lowest BCUT2D eigenvalue weighted by atomic mass is 10.1. The van der Waals surface area contributed by atoms with E-state index in [-0.39, 0.29) is 5.91 Å². The van der Waals surface area contributed by atoms with Crippen molar-refractivity contribution in [1.82, 2.24) is 20.3 Å². The Hall–Kier alpha value is -3.83. The highest BCUT2D eigenvalue weighted by Gasteiger charge is 2.17. The zero-order valence-corrected chi connectivity index (χ0v) is 17.3. The molecule has 3 aromatic carbocycles. The summed E-state index contributed by atoms with van der Waals surface area (Å²) in [5, 5.41) is 4.71. The second-order valence-corrected chi connectivity index (χ2v) is 7.70. The summed E-state index contributed by atoms with van der Waals surface area (Å²) in [6.45, 7) is 0.390. The summed E-state index contributed by atoms with van der Waals surface area (Å²) in [7, 11) is 0. The van der Waals surface area contributed by atoms with Crippen LogP contribution in [0.25, 0.3) is 33.6 Å². The number of aromatic nitrogens is 3.